The lowest BCUT2D eigenvalue weighted by molar-refractivity contribution is 0.352. The summed E-state index contributed by atoms with van der Waals surface area (Å²) in [5, 5.41) is 1.41. The first-order valence-corrected chi connectivity index (χ1v) is 8.43. The zero-order chi connectivity index (χ0) is 14.8. The molecule has 1 atom stereocenters. The van der Waals surface area contributed by atoms with E-state index >= 15 is 0 Å². The third-order valence-corrected chi connectivity index (χ3v) is 4.82. The number of alkyl halides is 1. The first-order chi connectivity index (χ1) is 10.2. The zero-order valence-corrected chi connectivity index (χ0v) is 13.8. The van der Waals surface area contributed by atoms with Crippen LogP contribution in [-0.4, -0.2) is 11.9 Å². The van der Waals surface area contributed by atoms with Crippen molar-refractivity contribution in [1.29, 1.82) is 0 Å². The molecule has 1 nitrogen and oxygen atoms in total. The topological polar surface area (TPSA) is 9.23 Å². The zero-order valence-electron chi connectivity index (χ0n) is 11.4. The van der Waals surface area contributed by atoms with Crippen LogP contribution >= 0.6 is 27.5 Å². The quantitative estimate of drug-likeness (QED) is 0.678. The van der Waals surface area contributed by atoms with Crippen molar-refractivity contribution in [1.82, 2.24) is 0 Å². The van der Waals surface area contributed by atoms with Crippen molar-refractivity contribution >= 4 is 27.5 Å². The molecule has 1 aliphatic rings. The van der Waals surface area contributed by atoms with Crippen LogP contribution in [0.5, 0.6) is 5.75 Å². The third-order valence-electron chi connectivity index (χ3n) is 3.82. The van der Waals surface area contributed by atoms with E-state index in [-0.39, 0.29) is 11.7 Å². The molecule has 0 aromatic heterocycles. The fourth-order valence-electron chi connectivity index (χ4n) is 2.82. The molecule has 1 heterocycles. The van der Waals surface area contributed by atoms with Gasteiger partial charge in [0.15, 0.2) is 0 Å². The van der Waals surface area contributed by atoms with E-state index in [4.69, 9.17) is 16.3 Å². The highest BCUT2D eigenvalue weighted by atomic mass is 79.9. The second-order valence-corrected chi connectivity index (χ2v) is 6.31. The number of benzene rings is 2. The molecule has 2 aromatic rings. The Balaban J connectivity index is 1.94. The van der Waals surface area contributed by atoms with Gasteiger partial charge in [0.05, 0.1) is 6.61 Å². The molecule has 0 fully saturated rings. The second-order valence-electron chi connectivity index (χ2n) is 5.23. The van der Waals surface area contributed by atoms with Crippen molar-refractivity contribution < 1.29 is 9.13 Å². The fourth-order valence-corrected chi connectivity index (χ4v) is 3.66. The summed E-state index contributed by atoms with van der Waals surface area (Å²) in [6, 6.07) is 10.8. The molecular weight excluding hydrogens is 355 g/mol. The lowest BCUT2D eigenvalue weighted by atomic mass is 9.92. The first kappa shape index (κ1) is 14.9. The number of ether oxygens (including phenoxy) is 1. The number of halogens is 3. The summed E-state index contributed by atoms with van der Waals surface area (Å²) in [4.78, 5) is 0. The van der Waals surface area contributed by atoms with Gasteiger partial charge in [0.1, 0.15) is 11.6 Å². The Morgan fingerprint density at radius 3 is 2.86 bits per heavy atom. The van der Waals surface area contributed by atoms with E-state index in [2.05, 4.69) is 15.9 Å². The summed E-state index contributed by atoms with van der Waals surface area (Å²) < 4.78 is 19.7. The number of hydrogen-bond donors (Lipinski definition) is 0. The Bertz CT molecular complexity index is 659. The SMILES string of the molecule is Fc1ccccc1C(CBr)Cc1cc(Cl)cc2c1OCC2. The van der Waals surface area contributed by atoms with Crippen LogP contribution in [0.1, 0.15) is 22.6 Å². The predicted octanol–water partition coefficient (Wildman–Crippen LogP) is 5.14. The molecule has 0 amide bonds. The molecule has 0 radical (unpaired) electrons. The predicted molar refractivity (Wildman–Crippen MR) is 87.3 cm³/mol. The lowest BCUT2D eigenvalue weighted by Crippen LogP contribution is -2.08. The Kier molecular flexibility index (Phi) is 4.51. The van der Waals surface area contributed by atoms with Crippen molar-refractivity contribution in [2.24, 2.45) is 0 Å². The average Bonchev–Trinajstić information content (AvgIpc) is 2.93. The van der Waals surface area contributed by atoms with Crippen molar-refractivity contribution in [3.8, 4) is 5.75 Å². The minimum absolute atomic E-state index is 0.0537. The maximum atomic E-state index is 14.0. The van der Waals surface area contributed by atoms with Gasteiger partial charge in [-0.25, -0.2) is 4.39 Å². The van der Waals surface area contributed by atoms with Gasteiger partial charge in [0, 0.05) is 22.7 Å². The summed E-state index contributed by atoms with van der Waals surface area (Å²) >= 11 is 9.69. The van der Waals surface area contributed by atoms with Crippen LogP contribution in [0.2, 0.25) is 5.02 Å². The van der Waals surface area contributed by atoms with Gasteiger partial charge in [0.2, 0.25) is 0 Å². The van der Waals surface area contributed by atoms with Gasteiger partial charge in [-0.2, -0.15) is 0 Å². The molecule has 1 unspecified atom stereocenters. The lowest BCUT2D eigenvalue weighted by Gasteiger charge is -2.17. The van der Waals surface area contributed by atoms with Gasteiger partial charge in [-0.15, -0.1) is 0 Å². The van der Waals surface area contributed by atoms with Crippen LogP contribution in [0.3, 0.4) is 0 Å². The van der Waals surface area contributed by atoms with Crippen molar-refractivity contribution in [2.75, 3.05) is 11.9 Å². The van der Waals surface area contributed by atoms with Gasteiger partial charge < -0.3 is 4.74 Å². The van der Waals surface area contributed by atoms with Crippen molar-refractivity contribution in [2.45, 2.75) is 18.8 Å². The maximum Gasteiger partial charge on any atom is 0.126 e. The molecular formula is C17H15BrClFO. The van der Waals surface area contributed by atoms with E-state index < -0.39 is 0 Å². The summed E-state index contributed by atoms with van der Waals surface area (Å²) in [6.45, 7) is 0.696. The summed E-state index contributed by atoms with van der Waals surface area (Å²) in [6.07, 6.45) is 1.59. The van der Waals surface area contributed by atoms with Crippen molar-refractivity contribution in [3.05, 3.63) is 63.9 Å². The summed E-state index contributed by atoms with van der Waals surface area (Å²) in [5.74, 6) is 0.821. The summed E-state index contributed by atoms with van der Waals surface area (Å²) in [5.41, 5.74) is 2.93. The summed E-state index contributed by atoms with van der Waals surface area (Å²) in [7, 11) is 0. The molecule has 21 heavy (non-hydrogen) atoms. The normalized spacial score (nSPS) is 14.6. The van der Waals surface area contributed by atoms with Crippen LogP contribution in [0, 0.1) is 5.82 Å². The number of hydrogen-bond acceptors (Lipinski definition) is 1. The maximum absolute atomic E-state index is 14.0. The van der Waals surface area contributed by atoms with Crippen LogP contribution < -0.4 is 4.74 Å². The molecule has 110 valence electrons. The van der Waals surface area contributed by atoms with Gasteiger partial charge in [-0.3, -0.25) is 0 Å². The van der Waals surface area contributed by atoms with E-state index in [1.807, 2.05) is 24.3 Å². The van der Waals surface area contributed by atoms with Gasteiger partial charge in [-0.05, 0) is 41.3 Å². The molecule has 1 aliphatic heterocycles. The average molecular weight is 370 g/mol. The molecule has 4 heteroatoms. The molecule has 0 aliphatic carbocycles. The van der Waals surface area contributed by atoms with Crippen LogP contribution in [0.4, 0.5) is 4.39 Å². The molecule has 0 saturated carbocycles. The minimum Gasteiger partial charge on any atom is -0.493 e. The molecule has 0 N–H and O–H groups in total. The van der Waals surface area contributed by atoms with Gasteiger partial charge >= 0.3 is 0 Å². The standard InChI is InChI=1S/C17H15BrClFO/c18-10-13(15-3-1-2-4-16(15)20)7-12-9-14(19)8-11-5-6-21-17(11)12/h1-4,8-9,13H,5-7,10H2. The molecule has 0 saturated heterocycles. The van der Waals surface area contributed by atoms with E-state index in [0.29, 0.717) is 18.4 Å². The monoisotopic (exact) mass is 368 g/mol. The second kappa shape index (κ2) is 6.37. The van der Waals surface area contributed by atoms with E-state index in [1.165, 1.54) is 6.07 Å². The highest BCUT2D eigenvalue weighted by molar-refractivity contribution is 9.09. The third kappa shape index (κ3) is 3.09. The molecule has 0 spiro atoms. The molecule has 0 bridgehead atoms. The molecule has 3 rings (SSSR count). The van der Waals surface area contributed by atoms with E-state index in [1.54, 1.807) is 6.07 Å². The van der Waals surface area contributed by atoms with Crippen molar-refractivity contribution in [3.63, 3.8) is 0 Å². The Labute approximate surface area is 137 Å². The number of fused-ring (bicyclic) bond motifs is 1. The van der Waals surface area contributed by atoms with Crippen LogP contribution in [0.25, 0.3) is 0 Å². The highest BCUT2D eigenvalue weighted by Crippen LogP contribution is 2.36. The highest BCUT2D eigenvalue weighted by Gasteiger charge is 2.22. The van der Waals surface area contributed by atoms with Gasteiger partial charge in [0.25, 0.3) is 0 Å². The Morgan fingerprint density at radius 1 is 1.29 bits per heavy atom. The fraction of sp³-hybridized carbons (Fsp3) is 0.294. The van der Waals surface area contributed by atoms with E-state index in [9.17, 15) is 4.39 Å². The van der Waals surface area contributed by atoms with Crippen LogP contribution in [0.15, 0.2) is 36.4 Å². The number of rotatable bonds is 4. The Hall–Kier alpha value is -1.06. The first-order valence-electron chi connectivity index (χ1n) is 6.93. The van der Waals surface area contributed by atoms with Crippen LogP contribution in [-0.2, 0) is 12.8 Å². The van der Waals surface area contributed by atoms with E-state index in [0.717, 1.165) is 33.9 Å². The minimum atomic E-state index is -0.165. The smallest absolute Gasteiger partial charge is 0.126 e. The Morgan fingerprint density at radius 2 is 2.10 bits per heavy atom. The molecule has 2 aromatic carbocycles. The van der Waals surface area contributed by atoms with Gasteiger partial charge in [-0.1, -0.05) is 45.7 Å². The largest absolute Gasteiger partial charge is 0.493 e.